The molecule has 0 aromatic carbocycles. The van der Waals surface area contributed by atoms with Crippen molar-refractivity contribution < 1.29 is 9.59 Å². The Kier molecular flexibility index (Phi) is 3.76. The molecule has 2 aliphatic rings. The van der Waals surface area contributed by atoms with Crippen LogP contribution in [0.4, 0.5) is 10.6 Å². The molecule has 0 bridgehead atoms. The van der Waals surface area contributed by atoms with Gasteiger partial charge in [0.25, 0.3) is 0 Å². The number of urea groups is 1. The van der Waals surface area contributed by atoms with Crippen molar-refractivity contribution in [3.05, 3.63) is 24.4 Å². The maximum absolute atomic E-state index is 12.4. The smallest absolute Gasteiger partial charge is 0.317 e. The molecule has 0 aliphatic carbocycles. The molecule has 2 aliphatic heterocycles. The first-order valence-electron chi connectivity index (χ1n) is 7.76. The Bertz CT molecular complexity index is 575. The standard InChI is InChI=1S/C16H22N4O2/c1-12(2)18-15(22)19-8-6-16(10-19)9-14(21)20(11-16)13-5-3-4-7-17-13/h3-5,7,12H,6,8-11H2,1-2H3,(H,18,22). The monoisotopic (exact) mass is 302 g/mol. The van der Waals surface area contributed by atoms with Gasteiger partial charge in [-0.3, -0.25) is 9.69 Å². The average molecular weight is 302 g/mol. The quantitative estimate of drug-likeness (QED) is 0.903. The minimum absolute atomic E-state index is 0.0318. The number of hydrogen-bond donors (Lipinski definition) is 1. The number of likely N-dealkylation sites (tertiary alicyclic amines) is 1. The van der Waals surface area contributed by atoms with E-state index >= 15 is 0 Å². The first-order chi connectivity index (χ1) is 10.5. The first-order valence-corrected chi connectivity index (χ1v) is 7.76. The van der Waals surface area contributed by atoms with Crippen LogP contribution in [0, 0.1) is 5.41 Å². The van der Waals surface area contributed by atoms with Gasteiger partial charge in [-0.25, -0.2) is 9.78 Å². The van der Waals surface area contributed by atoms with Crippen molar-refractivity contribution in [2.24, 2.45) is 5.41 Å². The van der Waals surface area contributed by atoms with Crippen LogP contribution in [0.3, 0.4) is 0 Å². The molecule has 118 valence electrons. The van der Waals surface area contributed by atoms with Crippen molar-refractivity contribution in [1.29, 1.82) is 0 Å². The molecule has 0 radical (unpaired) electrons. The highest BCUT2D eigenvalue weighted by Crippen LogP contribution is 2.41. The van der Waals surface area contributed by atoms with Gasteiger partial charge in [0.15, 0.2) is 0 Å². The number of amides is 3. The molecule has 3 rings (SSSR count). The fourth-order valence-electron chi connectivity index (χ4n) is 3.34. The first kappa shape index (κ1) is 14.8. The summed E-state index contributed by atoms with van der Waals surface area (Å²) < 4.78 is 0. The van der Waals surface area contributed by atoms with Crippen LogP contribution in [-0.4, -0.2) is 47.5 Å². The summed E-state index contributed by atoms with van der Waals surface area (Å²) in [7, 11) is 0. The average Bonchev–Trinajstić information content (AvgIpc) is 3.03. The lowest BCUT2D eigenvalue weighted by Crippen LogP contribution is -2.43. The number of anilines is 1. The van der Waals surface area contributed by atoms with Crippen LogP contribution in [0.1, 0.15) is 26.7 Å². The number of nitrogens with one attached hydrogen (secondary N) is 1. The number of carbonyl (C=O) groups excluding carboxylic acids is 2. The van der Waals surface area contributed by atoms with E-state index in [0.29, 0.717) is 31.9 Å². The predicted molar refractivity (Wildman–Crippen MR) is 83.5 cm³/mol. The summed E-state index contributed by atoms with van der Waals surface area (Å²) in [6.45, 7) is 5.90. The van der Waals surface area contributed by atoms with Crippen molar-refractivity contribution in [2.75, 3.05) is 24.5 Å². The Hall–Kier alpha value is -2.11. The summed E-state index contributed by atoms with van der Waals surface area (Å²) in [5.41, 5.74) is -0.122. The van der Waals surface area contributed by atoms with E-state index in [4.69, 9.17) is 0 Å². The molecule has 1 spiro atoms. The molecule has 1 N–H and O–H groups in total. The normalized spacial score (nSPS) is 24.6. The van der Waals surface area contributed by atoms with Crippen molar-refractivity contribution in [3.63, 3.8) is 0 Å². The van der Waals surface area contributed by atoms with E-state index in [0.717, 1.165) is 6.42 Å². The zero-order valence-corrected chi connectivity index (χ0v) is 13.1. The van der Waals surface area contributed by atoms with Gasteiger partial charge in [0.1, 0.15) is 5.82 Å². The highest BCUT2D eigenvalue weighted by Gasteiger charge is 2.49. The maximum atomic E-state index is 12.4. The maximum Gasteiger partial charge on any atom is 0.317 e. The van der Waals surface area contributed by atoms with Gasteiger partial charge in [-0.05, 0) is 32.4 Å². The highest BCUT2D eigenvalue weighted by molar-refractivity contribution is 5.95. The van der Waals surface area contributed by atoms with E-state index < -0.39 is 0 Å². The third kappa shape index (κ3) is 2.77. The molecule has 3 amide bonds. The molecule has 1 aromatic rings. The second kappa shape index (κ2) is 5.59. The summed E-state index contributed by atoms with van der Waals surface area (Å²) in [5.74, 6) is 0.805. The molecule has 6 heteroatoms. The Morgan fingerprint density at radius 2 is 2.18 bits per heavy atom. The molecular formula is C16H22N4O2. The number of pyridine rings is 1. The van der Waals surface area contributed by atoms with Crippen molar-refractivity contribution in [2.45, 2.75) is 32.7 Å². The predicted octanol–water partition coefficient (Wildman–Crippen LogP) is 1.63. The van der Waals surface area contributed by atoms with E-state index in [9.17, 15) is 9.59 Å². The largest absolute Gasteiger partial charge is 0.336 e. The molecule has 0 saturated carbocycles. The lowest BCUT2D eigenvalue weighted by atomic mass is 9.86. The fraction of sp³-hybridized carbons (Fsp3) is 0.562. The Morgan fingerprint density at radius 3 is 2.86 bits per heavy atom. The van der Waals surface area contributed by atoms with Crippen LogP contribution in [0.25, 0.3) is 0 Å². The van der Waals surface area contributed by atoms with Gasteiger partial charge in [-0.15, -0.1) is 0 Å². The second-order valence-corrected chi connectivity index (χ2v) is 6.62. The van der Waals surface area contributed by atoms with Crippen LogP contribution in [0.2, 0.25) is 0 Å². The molecule has 1 unspecified atom stereocenters. The van der Waals surface area contributed by atoms with Crippen LogP contribution >= 0.6 is 0 Å². The van der Waals surface area contributed by atoms with E-state index in [1.165, 1.54) is 0 Å². The van der Waals surface area contributed by atoms with Crippen LogP contribution in [-0.2, 0) is 4.79 Å². The van der Waals surface area contributed by atoms with Crippen molar-refractivity contribution in [1.82, 2.24) is 15.2 Å². The number of aromatic nitrogens is 1. The van der Waals surface area contributed by atoms with Crippen molar-refractivity contribution >= 4 is 17.8 Å². The summed E-state index contributed by atoms with van der Waals surface area (Å²) in [6.07, 6.45) is 3.06. The molecule has 1 aromatic heterocycles. The van der Waals surface area contributed by atoms with Crippen molar-refractivity contribution in [3.8, 4) is 0 Å². The molecule has 2 fully saturated rings. The highest BCUT2D eigenvalue weighted by atomic mass is 16.2. The molecular weight excluding hydrogens is 280 g/mol. The van der Waals surface area contributed by atoms with Gasteiger partial charge in [0, 0.05) is 43.7 Å². The van der Waals surface area contributed by atoms with E-state index in [2.05, 4.69) is 10.3 Å². The van der Waals surface area contributed by atoms with Crippen LogP contribution in [0.15, 0.2) is 24.4 Å². The Balaban J connectivity index is 1.69. The molecule has 1 atom stereocenters. The molecule has 22 heavy (non-hydrogen) atoms. The molecule has 3 heterocycles. The van der Waals surface area contributed by atoms with E-state index in [-0.39, 0.29) is 23.4 Å². The van der Waals surface area contributed by atoms with E-state index in [1.807, 2.05) is 36.9 Å². The third-order valence-electron chi connectivity index (χ3n) is 4.38. The third-order valence-corrected chi connectivity index (χ3v) is 4.38. The number of rotatable bonds is 2. The summed E-state index contributed by atoms with van der Waals surface area (Å²) in [5, 5.41) is 2.92. The van der Waals surface area contributed by atoms with Crippen LogP contribution < -0.4 is 10.2 Å². The van der Waals surface area contributed by atoms with Gasteiger partial charge < -0.3 is 10.2 Å². The molecule has 6 nitrogen and oxygen atoms in total. The topological polar surface area (TPSA) is 65.5 Å². The Labute approximate surface area is 130 Å². The number of carbonyl (C=O) groups is 2. The van der Waals surface area contributed by atoms with Gasteiger partial charge in [-0.2, -0.15) is 0 Å². The molecule has 2 saturated heterocycles. The lowest BCUT2D eigenvalue weighted by molar-refractivity contribution is -0.117. The van der Waals surface area contributed by atoms with Crippen LogP contribution in [0.5, 0.6) is 0 Å². The number of nitrogens with zero attached hydrogens (tertiary/aromatic N) is 3. The summed E-state index contributed by atoms with van der Waals surface area (Å²) in [4.78, 5) is 32.3. The van der Waals surface area contributed by atoms with Gasteiger partial charge in [0.2, 0.25) is 5.91 Å². The van der Waals surface area contributed by atoms with Gasteiger partial charge in [-0.1, -0.05) is 6.07 Å². The summed E-state index contributed by atoms with van der Waals surface area (Å²) in [6, 6.07) is 5.68. The zero-order valence-electron chi connectivity index (χ0n) is 13.1. The Morgan fingerprint density at radius 1 is 1.36 bits per heavy atom. The second-order valence-electron chi connectivity index (χ2n) is 6.62. The van der Waals surface area contributed by atoms with Gasteiger partial charge in [0.05, 0.1) is 0 Å². The minimum Gasteiger partial charge on any atom is -0.336 e. The fourth-order valence-corrected chi connectivity index (χ4v) is 3.34. The SMILES string of the molecule is CC(C)NC(=O)N1CCC2(CC(=O)N(c3ccccn3)C2)C1. The van der Waals surface area contributed by atoms with E-state index in [1.54, 1.807) is 11.1 Å². The number of hydrogen-bond acceptors (Lipinski definition) is 3. The summed E-state index contributed by atoms with van der Waals surface area (Å²) >= 11 is 0. The zero-order chi connectivity index (χ0) is 15.7. The van der Waals surface area contributed by atoms with Gasteiger partial charge >= 0.3 is 6.03 Å². The minimum atomic E-state index is -0.122. The lowest BCUT2D eigenvalue weighted by Gasteiger charge is -2.24.